The van der Waals surface area contributed by atoms with Gasteiger partial charge in [-0.25, -0.2) is 4.79 Å². The van der Waals surface area contributed by atoms with E-state index in [2.05, 4.69) is 20.7 Å². The van der Waals surface area contributed by atoms with Gasteiger partial charge in [-0.2, -0.15) is 0 Å². The van der Waals surface area contributed by atoms with Crippen LogP contribution in [-0.2, 0) is 22.5 Å². The van der Waals surface area contributed by atoms with E-state index in [4.69, 9.17) is 10.3 Å². The first-order chi connectivity index (χ1) is 15.2. The van der Waals surface area contributed by atoms with E-state index in [0.29, 0.717) is 0 Å². The number of hydrogen-bond acceptors (Lipinski definition) is 5. The Balaban J connectivity index is 2.19. The molecular formula is C23H29N5O4. The zero-order valence-corrected chi connectivity index (χ0v) is 18.4. The number of rotatable bonds is 9. The van der Waals surface area contributed by atoms with Crippen LogP contribution in [0.15, 0.2) is 65.8 Å². The number of nitrogens with one attached hydrogen (secondary N) is 2. The number of azide groups is 1. The summed E-state index contributed by atoms with van der Waals surface area (Å²) >= 11 is 0. The van der Waals surface area contributed by atoms with Crippen molar-refractivity contribution in [1.29, 1.82) is 0 Å². The highest BCUT2D eigenvalue weighted by Crippen LogP contribution is 2.14. The number of aliphatic hydroxyl groups excluding tert-OH is 1. The fourth-order valence-electron chi connectivity index (χ4n) is 3.03. The number of nitrogens with zero attached hydrogens (tertiary/aromatic N) is 3. The minimum Gasteiger partial charge on any atom is -0.444 e. The van der Waals surface area contributed by atoms with Gasteiger partial charge in [-0.05, 0) is 43.9 Å². The number of benzene rings is 2. The summed E-state index contributed by atoms with van der Waals surface area (Å²) in [5.74, 6) is -0.650. The normalized spacial score (nSPS) is 13.8. The van der Waals surface area contributed by atoms with Crippen LogP contribution in [-0.4, -0.2) is 40.9 Å². The fraction of sp³-hybridized carbons (Fsp3) is 0.391. The third-order valence-electron chi connectivity index (χ3n) is 4.49. The van der Waals surface area contributed by atoms with Crippen LogP contribution >= 0.6 is 0 Å². The summed E-state index contributed by atoms with van der Waals surface area (Å²) in [5.41, 5.74) is 9.90. The van der Waals surface area contributed by atoms with Gasteiger partial charge in [-0.1, -0.05) is 65.8 Å². The molecule has 2 aromatic carbocycles. The van der Waals surface area contributed by atoms with Crippen molar-refractivity contribution in [2.75, 3.05) is 0 Å². The molecule has 0 fully saturated rings. The van der Waals surface area contributed by atoms with E-state index in [1.54, 1.807) is 20.8 Å². The van der Waals surface area contributed by atoms with Gasteiger partial charge in [0.15, 0.2) is 0 Å². The van der Waals surface area contributed by atoms with Gasteiger partial charge in [-0.15, -0.1) is 0 Å². The lowest BCUT2D eigenvalue weighted by atomic mass is 9.96. The van der Waals surface area contributed by atoms with E-state index < -0.39 is 35.8 Å². The van der Waals surface area contributed by atoms with Gasteiger partial charge in [0.1, 0.15) is 11.6 Å². The van der Waals surface area contributed by atoms with Crippen molar-refractivity contribution in [3.05, 3.63) is 82.2 Å². The zero-order chi connectivity index (χ0) is 23.6. The average Bonchev–Trinajstić information content (AvgIpc) is 2.75. The molecule has 0 aliphatic rings. The Morgan fingerprint density at radius 1 is 1.06 bits per heavy atom. The molecule has 2 amide bonds. The molecule has 0 radical (unpaired) electrons. The molecule has 2 aromatic rings. The number of alkyl carbamates (subject to hydrolysis) is 1. The average molecular weight is 440 g/mol. The Labute approximate surface area is 187 Å². The van der Waals surface area contributed by atoms with Crippen LogP contribution < -0.4 is 10.6 Å². The van der Waals surface area contributed by atoms with Crippen LogP contribution in [0.25, 0.3) is 10.4 Å². The Hall–Kier alpha value is -3.55. The highest BCUT2D eigenvalue weighted by molar-refractivity contribution is 5.82. The van der Waals surface area contributed by atoms with Gasteiger partial charge < -0.3 is 20.5 Å². The monoisotopic (exact) mass is 439 g/mol. The lowest BCUT2D eigenvalue weighted by Gasteiger charge is -2.29. The molecule has 0 saturated carbocycles. The summed E-state index contributed by atoms with van der Waals surface area (Å²) in [5, 5.41) is 19.8. The number of carbonyl (C=O) groups excluding carboxylic acids is 2. The van der Waals surface area contributed by atoms with E-state index in [9.17, 15) is 14.7 Å². The Bertz CT molecular complexity index is 924. The summed E-state index contributed by atoms with van der Waals surface area (Å²) in [6.45, 7) is 5.35. The van der Waals surface area contributed by atoms with Gasteiger partial charge in [0.05, 0.1) is 12.1 Å². The second kappa shape index (κ2) is 11.7. The van der Waals surface area contributed by atoms with Crippen molar-refractivity contribution in [2.24, 2.45) is 5.11 Å². The molecule has 3 atom stereocenters. The first kappa shape index (κ1) is 24.7. The molecule has 0 bridgehead atoms. The first-order valence-electron chi connectivity index (χ1n) is 10.3. The molecule has 0 aromatic heterocycles. The number of aliphatic hydroxyl groups is 1. The standard InChI is InChI=1S/C23H29N5O4/c1-23(2,3)32-22(31)26-18(14-16-10-6-4-7-11-16)20(29)19(27-28-24)21(30)25-15-17-12-8-5-9-13-17/h4-13,18-20,29H,14-15H2,1-3H3,(H,25,30)(H,26,31)/t18-,19-,20-/m1/s1. The number of amides is 2. The molecular weight excluding hydrogens is 410 g/mol. The molecule has 2 rings (SSSR count). The van der Waals surface area contributed by atoms with Crippen molar-refractivity contribution in [1.82, 2.24) is 10.6 Å². The van der Waals surface area contributed by atoms with E-state index in [1.807, 2.05) is 60.7 Å². The van der Waals surface area contributed by atoms with E-state index in [0.717, 1.165) is 11.1 Å². The Morgan fingerprint density at radius 2 is 1.62 bits per heavy atom. The molecule has 0 heterocycles. The third-order valence-corrected chi connectivity index (χ3v) is 4.49. The maximum Gasteiger partial charge on any atom is 0.407 e. The molecule has 3 N–H and O–H groups in total. The quantitative estimate of drug-likeness (QED) is 0.313. The van der Waals surface area contributed by atoms with Crippen molar-refractivity contribution in [3.63, 3.8) is 0 Å². The van der Waals surface area contributed by atoms with E-state index >= 15 is 0 Å². The van der Waals surface area contributed by atoms with Crippen molar-refractivity contribution in [2.45, 2.75) is 57.5 Å². The summed E-state index contributed by atoms with van der Waals surface area (Å²) in [6, 6.07) is 15.9. The maximum absolute atomic E-state index is 12.7. The van der Waals surface area contributed by atoms with Crippen LogP contribution in [0, 0.1) is 0 Å². The first-order valence-corrected chi connectivity index (χ1v) is 10.3. The summed E-state index contributed by atoms with van der Waals surface area (Å²) in [6.07, 6.45) is -2.04. The topological polar surface area (TPSA) is 136 Å². The molecule has 0 spiro atoms. The molecule has 9 nitrogen and oxygen atoms in total. The largest absolute Gasteiger partial charge is 0.444 e. The highest BCUT2D eigenvalue weighted by atomic mass is 16.6. The van der Waals surface area contributed by atoms with E-state index in [1.165, 1.54) is 0 Å². The van der Waals surface area contributed by atoms with Gasteiger partial charge in [0.25, 0.3) is 0 Å². The smallest absolute Gasteiger partial charge is 0.407 e. The minimum atomic E-state index is -1.49. The molecule has 0 aliphatic heterocycles. The second-order valence-electron chi connectivity index (χ2n) is 8.29. The highest BCUT2D eigenvalue weighted by Gasteiger charge is 2.34. The fourth-order valence-corrected chi connectivity index (χ4v) is 3.03. The maximum atomic E-state index is 12.7. The van der Waals surface area contributed by atoms with Crippen LogP contribution in [0.4, 0.5) is 4.79 Å². The predicted molar refractivity (Wildman–Crippen MR) is 121 cm³/mol. The second-order valence-corrected chi connectivity index (χ2v) is 8.29. The summed E-state index contributed by atoms with van der Waals surface area (Å²) in [7, 11) is 0. The van der Waals surface area contributed by atoms with Gasteiger partial charge in [0.2, 0.25) is 5.91 Å². The van der Waals surface area contributed by atoms with Gasteiger partial charge in [-0.3, -0.25) is 4.79 Å². The van der Waals surface area contributed by atoms with Crippen LogP contribution in [0.3, 0.4) is 0 Å². The number of carbonyl (C=O) groups is 2. The van der Waals surface area contributed by atoms with Crippen molar-refractivity contribution >= 4 is 12.0 Å². The number of hydrogen-bond donors (Lipinski definition) is 3. The van der Waals surface area contributed by atoms with Gasteiger partial charge in [0, 0.05) is 11.5 Å². The Morgan fingerprint density at radius 3 is 2.16 bits per heavy atom. The molecule has 0 saturated heterocycles. The lowest BCUT2D eigenvalue weighted by molar-refractivity contribution is -0.125. The summed E-state index contributed by atoms with van der Waals surface area (Å²) < 4.78 is 5.30. The van der Waals surface area contributed by atoms with Crippen LogP contribution in [0.5, 0.6) is 0 Å². The lowest BCUT2D eigenvalue weighted by Crippen LogP contribution is -2.54. The van der Waals surface area contributed by atoms with E-state index in [-0.39, 0.29) is 13.0 Å². The molecule has 0 unspecified atom stereocenters. The SMILES string of the molecule is CC(C)(C)OC(=O)N[C@H](Cc1ccccc1)[C@@H](O)[C@@H](N=[N+]=[N-])C(=O)NCc1ccccc1. The van der Waals surface area contributed by atoms with Crippen molar-refractivity contribution < 1.29 is 19.4 Å². The molecule has 9 heteroatoms. The zero-order valence-electron chi connectivity index (χ0n) is 18.4. The molecule has 0 aliphatic carbocycles. The molecule has 170 valence electrons. The number of ether oxygens (including phenoxy) is 1. The van der Waals surface area contributed by atoms with Crippen LogP contribution in [0.2, 0.25) is 0 Å². The van der Waals surface area contributed by atoms with Crippen LogP contribution in [0.1, 0.15) is 31.9 Å². The molecule has 32 heavy (non-hydrogen) atoms. The minimum absolute atomic E-state index is 0.199. The van der Waals surface area contributed by atoms with Gasteiger partial charge >= 0.3 is 6.09 Å². The summed E-state index contributed by atoms with van der Waals surface area (Å²) in [4.78, 5) is 27.8. The predicted octanol–water partition coefficient (Wildman–Crippen LogP) is 3.48. The Kier molecular flexibility index (Phi) is 9.07. The van der Waals surface area contributed by atoms with Crippen molar-refractivity contribution in [3.8, 4) is 0 Å². The third kappa shape index (κ3) is 8.29.